The zero-order chi connectivity index (χ0) is 16.7. The van der Waals surface area contributed by atoms with E-state index in [0.29, 0.717) is 36.8 Å². The maximum Gasteiger partial charge on any atom is 0.166 e. The van der Waals surface area contributed by atoms with Crippen molar-refractivity contribution >= 4 is 11.6 Å². The lowest BCUT2D eigenvalue weighted by molar-refractivity contribution is 0.0953. The summed E-state index contributed by atoms with van der Waals surface area (Å²) in [4.78, 5) is 24.0. The zero-order valence-electron chi connectivity index (χ0n) is 13.1. The number of ether oxygens (including phenoxy) is 1. The number of rotatable bonds is 8. The van der Waals surface area contributed by atoms with Crippen LogP contribution in [0.5, 0.6) is 11.5 Å². The Bertz CT molecular complexity index is 674. The molecule has 0 atom stereocenters. The molecule has 0 aliphatic carbocycles. The van der Waals surface area contributed by atoms with Crippen molar-refractivity contribution in [1.82, 2.24) is 0 Å². The van der Waals surface area contributed by atoms with Gasteiger partial charge in [0.05, 0.1) is 12.7 Å². The summed E-state index contributed by atoms with van der Waals surface area (Å²) in [6.07, 6.45) is 1.99. The largest absolute Gasteiger partial charge is 0.507 e. The van der Waals surface area contributed by atoms with Crippen LogP contribution in [0.1, 0.15) is 46.4 Å². The lowest BCUT2D eigenvalue weighted by Gasteiger charge is -2.04. The molecule has 0 radical (unpaired) electrons. The van der Waals surface area contributed by atoms with Crippen molar-refractivity contribution in [2.24, 2.45) is 0 Å². The molecule has 120 valence electrons. The predicted molar refractivity (Wildman–Crippen MR) is 88.2 cm³/mol. The molecule has 0 aromatic heterocycles. The molecule has 0 saturated heterocycles. The number of ketones is 2. The Kier molecular flexibility index (Phi) is 5.92. The molecule has 0 bridgehead atoms. The Labute approximate surface area is 135 Å². The van der Waals surface area contributed by atoms with Gasteiger partial charge in [0.1, 0.15) is 11.5 Å². The van der Waals surface area contributed by atoms with Gasteiger partial charge in [0.25, 0.3) is 0 Å². The minimum atomic E-state index is -0.0972. The predicted octanol–water partition coefficient (Wildman–Crippen LogP) is 4.03. The lowest BCUT2D eigenvalue weighted by Crippen LogP contribution is -2.02. The third kappa shape index (κ3) is 4.68. The zero-order valence-corrected chi connectivity index (χ0v) is 13.1. The van der Waals surface area contributed by atoms with Crippen LogP contribution in [0.3, 0.4) is 0 Å². The Balaban J connectivity index is 1.77. The molecule has 23 heavy (non-hydrogen) atoms. The molecule has 1 N–H and O–H groups in total. The number of hydrogen-bond donors (Lipinski definition) is 1. The normalized spacial score (nSPS) is 10.3. The molecule has 0 saturated carbocycles. The highest BCUT2D eigenvalue weighted by atomic mass is 16.5. The quantitative estimate of drug-likeness (QED) is 0.590. The third-order valence-electron chi connectivity index (χ3n) is 3.67. The number of benzene rings is 2. The first-order valence-electron chi connectivity index (χ1n) is 7.60. The van der Waals surface area contributed by atoms with Crippen LogP contribution >= 0.6 is 0 Å². The van der Waals surface area contributed by atoms with Crippen molar-refractivity contribution in [2.75, 3.05) is 7.11 Å². The van der Waals surface area contributed by atoms with Crippen molar-refractivity contribution in [2.45, 2.75) is 25.7 Å². The van der Waals surface area contributed by atoms with E-state index in [1.807, 2.05) is 0 Å². The van der Waals surface area contributed by atoms with E-state index >= 15 is 0 Å². The molecule has 4 nitrogen and oxygen atoms in total. The standard InChI is InChI=1S/C19H20O4/c1-23-15-12-10-14(11-13-15)17(20)7-4-5-9-19(22)16-6-2-3-8-18(16)21/h2-3,6,8,10-13,21H,4-5,7,9H2,1H3. The number of para-hydroxylation sites is 1. The summed E-state index contributed by atoms with van der Waals surface area (Å²) in [6.45, 7) is 0. The van der Waals surface area contributed by atoms with Crippen LogP contribution in [0.15, 0.2) is 48.5 Å². The van der Waals surface area contributed by atoms with E-state index in [4.69, 9.17) is 4.74 Å². The van der Waals surface area contributed by atoms with Crippen molar-refractivity contribution in [3.8, 4) is 11.5 Å². The van der Waals surface area contributed by atoms with Gasteiger partial charge in [-0.25, -0.2) is 0 Å². The van der Waals surface area contributed by atoms with Gasteiger partial charge >= 0.3 is 0 Å². The van der Waals surface area contributed by atoms with Crippen LogP contribution in [0.2, 0.25) is 0 Å². The summed E-state index contributed by atoms with van der Waals surface area (Å²) in [7, 11) is 1.58. The van der Waals surface area contributed by atoms with E-state index in [9.17, 15) is 14.7 Å². The van der Waals surface area contributed by atoms with Crippen molar-refractivity contribution in [1.29, 1.82) is 0 Å². The lowest BCUT2D eigenvalue weighted by atomic mass is 10.0. The van der Waals surface area contributed by atoms with Crippen molar-refractivity contribution in [3.63, 3.8) is 0 Å². The average Bonchev–Trinajstić information content (AvgIpc) is 2.58. The number of methoxy groups -OCH3 is 1. The van der Waals surface area contributed by atoms with E-state index in [2.05, 4.69) is 0 Å². The number of unbranched alkanes of at least 4 members (excludes halogenated alkanes) is 1. The van der Waals surface area contributed by atoms with Gasteiger partial charge in [-0.3, -0.25) is 9.59 Å². The fourth-order valence-electron chi connectivity index (χ4n) is 2.34. The van der Waals surface area contributed by atoms with Crippen LogP contribution in [-0.4, -0.2) is 23.8 Å². The third-order valence-corrected chi connectivity index (χ3v) is 3.67. The molecule has 0 amide bonds. The van der Waals surface area contributed by atoms with Gasteiger partial charge < -0.3 is 9.84 Å². The van der Waals surface area contributed by atoms with Crippen LogP contribution in [0.4, 0.5) is 0 Å². The van der Waals surface area contributed by atoms with Crippen molar-refractivity contribution in [3.05, 3.63) is 59.7 Å². The summed E-state index contributed by atoms with van der Waals surface area (Å²) in [5, 5.41) is 9.63. The van der Waals surface area contributed by atoms with E-state index in [-0.39, 0.29) is 17.3 Å². The first kappa shape index (κ1) is 16.7. The maximum absolute atomic E-state index is 12.0. The number of carbonyl (C=O) groups excluding carboxylic acids is 2. The van der Waals surface area contributed by atoms with Crippen LogP contribution < -0.4 is 4.74 Å². The second kappa shape index (κ2) is 8.13. The van der Waals surface area contributed by atoms with Gasteiger partial charge in [-0.05, 0) is 49.2 Å². The topological polar surface area (TPSA) is 63.6 Å². The second-order valence-corrected chi connectivity index (χ2v) is 5.30. The maximum atomic E-state index is 12.0. The number of aromatic hydroxyl groups is 1. The number of phenolic OH excluding ortho intramolecular Hbond substituents is 1. The van der Waals surface area contributed by atoms with Gasteiger partial charge in [-0.2, -0.15) is 0 Å². The Morgan fingerprint density at radius 1 is 0.913 bits per heavy atom. The Morgan fingerprint density at radius 3 is 2.13 bits per heavy atom. The van der Waals surface area contributed by atoms with Crippen LogP contribution in [-0.2, 0) is 0 Å². The summed E-state index contributed by atoms with van der Waals surface area (Å²) in [5.74, 6) is 0.685. The number of Topliss-reactive ketones (excluding diaryl/α,β-unsaturated/α-hetero) is 2. The smallest absolute Gasteiger partial charge is 0.166 e. The van der Waals surface area contributed by atoms with Gasteiger partial charge in [0.2, 0.25) is 0 Å². The van der Waals surface area contributed by atoms with Crippen LogP contribution in [0, 0.1) is 0 Å². The first-order chi connectivity index (χ1) is 11.1. The molecule has 0 fully saturated rings. The highest BCUT2D eigenvalue weighted by molar-refractivity contribution is 5.98. The minimum absolute atomic E-state index is 0.00630. The highest BCUT2D eigenvalue weighted by Crippen LogP contribution is 2.19. The van der Waals surface area contributed by atoms with E-state index in [1.54, 1.807) is 49.6 Å². The SMILES string of the molecule is COc1ccc(C(=O)CCCCC(=O)c2ccccc2O)cc1. The summed E-state index contributed by atoms with van der Waals surface area (Å²) >= 11 is 0. The summed E-state index contributed by atoms with van der Waals surface area (Å²) in [6, 6.07) is 13.5. The molecule has 0 aliphatic rings. The Hall–Kier alpha value is -2.62. The molecular formula is C19H20O4. The minimum Gasteiger partial charge on any atom is -0.507 e. The second-order valence-electron chi connectivity index (χ2n) is 5.30. The average molecular weight is 312 g/mol. The van der Waals surface area contributed by atoms with Crippen molar-refractivity contribution < 1.29 is 19.4 Å². The monoisotopic (exact) mass is 312 g/mol. The summed E-state index contributed by atoms with van der Waals surface area (Å²) in [5.41, 5.74) is 0.992. The van der Waals surface area contributed by atoms with Gasteiger partial charge in [-0.1, -0.05) is 12.1 Å². The van der Waals surface area contributed by atoms with E-state index in [1.165, 1.54) is 6.07 Å². The molecule has 0 unspecified atom stereocenters. The Morgan fingerprint density at radius 2 is 1.52 bits per heavy atom. The highest BCUT2D eigenvalue weighted by Gasteiger charge is 2.11. The molecule has 2 aromatic rings. The van der Waals surface area contributed by atoms with E-state index < -0.39 is 0 Å². The number of hydrogen-bond acceptors (Lipinski definition) is 4. The molecular weight excluding hydrogens is 292 g/mol. The molecule has 0 aliphatic heterocycles. The summed E-state index contributed by atoms with van der Waals surface area (Å²) < 4.78 is 5.06. The molecule has 4 heteroatoms. The van der Waals surface area contributed by atoms with Gasteiger partial charge in [-0.15, -0.1) is 0 Å². The van der Waals surface area contributed by atoms with E-state index in [0.717, 1.165) is 5.75 Å². The molecule has 2 rings (SSSR count). The van der Waals surface area contributed by atoms with Crippen LogP contribution in [0.25, 0.3) is 0 Å². The molecule has 0 spiro atoms. The fraction of sp³-hybridized carbons (Fsp3) is 0.263. The van der Waals surface area contributed by atoms with Gasteiger partial charge in [0.15, 0.2) is 11.6 Å². The fourth-order valence-corrected chi connectivity index (χ4v) is 2.34. The molecule has 0 heterocycles. The first-order valence-corrected chi connectivity index (χ1v) is 7.60. The molecule has 2 aromatic carbocycles. The number of phenols is 1. The number of carbonyl (C=O) groups is 2. The van der Waals surface area contributed by atoms with Gasteiger partial charge in [0, 0.05) is 18.4 Å².